The number of aromatic nitrogens is 2. The molecule has 0 spiro atoms. The first-order valence-electron chi connectivity index (χ1n) is 5.85. The number of nitrogens with two attached hydrogens (primary N) is 2. The second kappa shape index (κ2) is 18.1. The molecule has 24 heavy (non-hydrogen) atoms. The van der Waals surface area contributed by atoms with Crippen LogP contribution in [0.25, 0.3) is 21.8 Å². The summed E-state index contributed by atoms with van der Waals surface area (Å²) in [4.78, 5) is 8.69. The van der Waals surface area contributed by atoms with Gasteiger partial charge in [-0.3, -0.25) is 9.97 Å². The number of halogens is 4. The third kappa shape index (κ3) is 8.54. The maximum Gasteiger partial charge on any atom is 2.00 e. The van der Waals surface area contributed by atoms with Crippen molar-refractivity contribution in [1.29, 1.82) is 0 Å². The zero-order chi connectivity index (χ0) is 12.8. The van der Waals surface area contributed by atoms with Crippen molar-refractivity contribution in [3.8, 4) is 0 Å². The molecule has 0 atom stereocenters. The van der Waals surface area contributed by atoms with E-state index in [1.54, 1.807) is 12.4 Å². The van der Waals surface area contributed by atoms with Gasteiger partial charge in [0.25, 0.3) is 0 Å². The molecule has 0 amide bonds. The smallest absolute Gasteiger partial charge is 1.00 e. The van der Waals surface area contributed by atoms with Crippen LogP contribution < -0.4 is 30.3 Å². The summed E-state index contributed by atoms with van der Waals surface area (Å²) in [6.07, 6.45) is 3.60. The molecular formula is C14H16Cu2F4N4. The Morgan fingerprint density at radius 3 is 1.25 bits per heavy atom. The summed E-state index contributed by atoms with van der Waals surface area (Å²) in [5.74, 6) is 0. The van der Waals surface area contributed by atoms with E-state index in [4.69, 9.17) is 11.5 Å². The van der Waals surface area contributed by atoms with Gasteiger partial charge in [-0.2, -0.15) is 0 Å². The first-order chi connectivity index (χ1) is 8.86. The summed E-state index contributed by atoms with van der Waals surface area (Å²) in [7, 11) is 0. The van der Waals surface area contributed by atoms with Crippen LogP contribution in [-0.2, 0) is 34.1 Å². The Balaban J connectivity index is -0.000000111. The molecular weight excluding hydrogens is 427 g/mol. The van der Waals surface area contributed by atoms with Gasteiger partial charge in [-0.1, -0.05) is 24.3 Å². The monoisotopic (exact) mass is 442 g/mol. The van der Waals surface area contributed by atoms with Crippen LogP contribution in [0.15, 0.2) is 48.8 Å². The van der Waals surface area contributed by atoms with Crippen molar-refractivity contribution in [3.63, 3.8) is 0 Å². The van der Waals surface area contributed by atoms with Crippen molar-refractivity contribution < 1.29 is 53.0 Å². The molecule has 2 heterocycles. The molecule has 0 saturated heterocycles. The van der Waals surface area contributed by atoms with Gasteiger partial charge < -0.3 is 30.3 Å². The van der Waals surface area contributed by atoms with Crippen molar-refractivity contribution in [3.05, 3.63) is 48.8 Å². The minimum atomic E-state index is 0. The van der Waals surface area contributed by atoms with Gasteiger partial charge in [-0.05, 0) is 12.1 Å². The third-order valence-corrected chi connectivity index (χ3v) is 2.51. The Kier molecular flexibility index (Phi) is 25.7. The molecule has 0 aliphatic heterocycles. The van der Waals surface area contributed by atoms with Gasteiger partial charge in [-0.15, -0.1) is 0 Å². The number of nitrogens with zero attached hydrogens (tertiary/aromatic N) is 2. The summed E-state index contributed by atoms with van der Waals surface area (Å²) in [5, 5.41) is 2.28. The molecule has 0 bridgehead atoms. The van der Waals surface area contributed by atoms with Crippen LogP contribution in [0.2, 0.25) is 0 Å². The first-order valence-corrected chi connectivity index (χ1v) is 5.85. The molecule has 0 fully saturated rings. The van der Waals surface area contributed by atoms with Crippen molar-refractivity contribution in [2.24, 2.45) is 11.5 Å². The molecule has 1 aromatic carbocycles. The molecule has 2 aromatic heterocycles. The Labute approximate surface area is 158 Å². The Hall–Kier alpha value is -1.28. The quantitative estimate of drug-likeness (QED) is 0.223. The van der Waals surface area contributed by atoms with Gasteiger partial charge in [0, 0.05) is 36.3 Å². The van der Waals surface area contributed by atoms with Gasteiger partial charge in [0.1, 0.15) is 0 Å². The molecule has 0 unspecified atom stereocenters. The summed E-state index contributed by atoms with van der Waals surface area (Å²) in [5.41, 5.74) is 11.8. The molecule has 2 radical (unpaired) electrons. The largest absolute Gasteiger partial charge is 2.00 e. The molecule has 10 heteroatoms. The maximum atomic E-state index is 4.90. The number of fused-ring (bicyclic) bond motifs is 3. The number of hydrogen-bond acceptors (Lipinski definition) is 4. The Morgan fingerprint density at radius 2 is 0.958 bits per heavy atom. The fourth-order valence-electron chi connectivity index (χ4n) is 1.68. The Morgan fingerprint density at radius 1 is 0.625 bits per heavy atom. The van der Waals surface area contributed by atoms with E-state index >= 15 is 0 Å². The van der Waals surface area contributed by atoms with E-state index in [0.717, 1.165) is 21.8 Å². The molecule has 4 nitrogen and oxygen atoms in total. The Bertz CT molecular complexity index is 605. The van der Waals surface area contributed by atoms with E-state index < -0.39 is 0 Å². The minimum absolute atomic E-state index is 0. The summed E-state index contributed by atoms with van der Waals surface area (Å²) in [6.45, 7) is 1.19. The van der Waals surface area contributed by atoms with E-state index in [1.165, 1.54) is 0 Å². The fourth-order valence-corrected chi connectivity index (χ4v) is 1.68. The van der Waals surface area contributed by atoms with Crippen molar-refractivity contribution in [1.82, 2.24) is 9.97 Å². The molecule has 3 aromatic rings. The molecule has 0 aliphatic rings. The topological polar surface area (TPSA) is 77.8 Å². The third-order valence-electron chi connectivity index (χ3n) is 2.51. The zero-order valence-electron chi connectivity index (χ0n) is 12.2. The van der Waals surface area contributed by atoms with Gasteiger partial charge >= 0.3 is 34.1 Å². The van der Waals surface area contributed by atoms with Crippen LogP contribution in [0.5, 0.6) is 0 Å². The second-order valence-corrected chi connectivity index (χ2v) is 3.79. The fraction of sp³-hybridized carbons (Fsp3) is 0.143. The van der Waals surface area contributed by atoms with Crippen LogP contribution in [0, 0.1) is 0 Å². The normalized spacial score (nSPS) is 7.58. The molecule has 142 valence electrons. The van der Waals surface area contributed by atoms with Gasteiger partial charge in [-0.25, -0.2) is 0 Å². The van der Waals surface area contributed by atoms with Gasteiger partial charge in [0.05, 0.1) is 11.0 Å². The van der Waals surface area contributed by atoms with Crippen LogP contribution in [-0.4, -0.2) is 23.1 Å². The molecule has 4 N–H and O–H groups in total. The maximum absolute atomic E-state index is 4.90. The van der Waals surface area contributed by atoms with Crippen molar-refractivity contribution in [2.75, 3.05) is 13.1 Å². The number of rotatable bonds is 1. The standard InChI is InChI=1S/C12H8N2.C2H8N2.2Cu.4FH/c1-3-9-5-6-10-4-2-8-14-12(10)11(9)13-7-1;3-1-2-4;;;;;;/h1-8H;1-4H2;;;4*1H/q;;2*+2;;;;/p-4. The second-order valence-electron chi connectivity index (χ2n) is 3.79. The van der Waals surface area contributed by atoms with Gasteiger partial charge in [0.2, 0.25) is 0 Å². The SMILES string of the molecule is NCCN.[Cu+2].[Cu+2].[F-].[F-].[F-].[F-].c1cnc2c(c1)ccc1cccnc12. The number of pyridine rings is 2. The van der Waals surface area contributed by atoms with Crippen LogP contribution in [0.4, 0.5) is 0 Å². The van der Waals surface area contributed by atoms with Crippen molar-refractivity contribution in [2.45, 2.75) is 0 Å². The van der Waals surface area contributed by atoms with Crippen LogP contribution in [0.1, 0.15) is 0 Å². The predicted molar refractivity (Wildman–Crippen MR) is 75.2 cm³/mol. The molecule has 3 rings (SSSR count). The van der Waals surface area contributed by atoms with Gasteiger partial charge in [0.15, 0.2) is 0 Å². The minimum Gasteiger partial charge on any atom is -1.00 e. The van der Waals surface area contributed by atoms with E-state index in [-0.39, 0.29) is 53.0 Å². The zero-order valence-corrected chi connectivity index (χ0v) is 14.1. The predicted octanol–water partition coefficient (Wildman–Crippen LogP) is -10.3. The number of benzene rings is 1. The summed E-state index contributed by atoms with van der Waals surface area (Å²) >= 11 is 0. The average Bonchev–Trinajstić information content (AvgIpc) is 2.47. The van der Waals surface area contributed by atoms with Crippen LogP contribution in [0.3, 0.4) is 0 Å². The van der Waals surface area contributed by atoms with E-state index in [9.17, 15) is 0 Å². The summed E-state index contributed by atoms with van der Waals surface area (Å²) in [6, 6.07) is 12.1. The van der Waals surface area contributed by atoms with E-state index in [1.807, 2.05) is 12.1 Å². The number of hydrogen-bond donors (Lipinski definition) is 2. The average molecular weight is 443 g/mol. The van der Waals surface area contributed by atoms with Crippen LogP contribution >= 0.6 is 0 Å². The molecule has 0 aliphatic carbocycles. The van der Waals surface area contributed by atoms with E-state index in [2.05, 4.69) is 34.2 Å². The van der Waals surface area contributed by atoms with Crippen molar-refractivity contribution >= 4 is 21.8 Å². The van der Waals surface area contributed by atoms with E-state index in [0.29, 0.717) is 13.1 Å². The summed E-state index contributed by atoms with van der Waals surface area (Å²) < 4.78 is 0. The first kappa shape index (κ1) is 34.1. The molecule has 0 saturated carbocycles.